The molecule has 0 saturated heterocycles. The molecule has 0 unspecified atom stereocenters. The average Bonchev–Trinajstić information content (AvgIpc) is 2.50. The predicted molar refractivity (Wildman–Crippen MR) is 81.4 cm³/mol. The molecule has 124 valence electrons. The smallest absolute Gasteiger partial charge is 0.292 e. The molecule has 0 aliphatic rings. The quantitative estimate of drug-likeness (QED) is 0.106. The Labute approximate surface area is 130 Å². The molecule has 0 aliphatic heterocycles. The zero-order valence-corrected chi connectivity index (χ0v) is 12.5. The van der Waals surface area contributed by atoms with Crippen molar-refractivity contribution in [1.29, 1.82) is 0 Å². The highest BCUT2D eigenvalue weighted by Crippen LogP contribution is 2.29. The number of azide groups is 1. The summed E-state index contributed by atoms with van der Waals surface area (Å²) in [5, 5.41) is 16.9. The van der Waals surface area contributed by atoms with E-state index in [1.807, 2.05) is 4.72 Å². The Hall–Kier alpha value is -2.73. The van der Waals surface area contributed by atoms with Crippen molar-refractivity contribution in [3.63, 3.8) is 0 Å². The third-order valence-corrected chi connectivity index (χ3v) is 3.56. The number of hydrogen-bond acceptors (Lipinski definition) is 7. The fourth-order valence-electron chi connectivity index (χ4n) is 1.51. The molecular weight excluding hydrogens is 330 g/mol. The predicted octanol–water partition coefficient (Wildman–Crippen LogP) is 0.571. The van der Waals surface area contributed by atoms with E-state index in [0.717, 1.165) is 6.07 Å². The first-order valence-electron chi connectivity index (χ1n) is 6.15. The lowest BCUT2D eigenvalue weighted by Gasteiger charge is -2.09. The van der Waals surface area contributed by atoms with Crippen LogP contribution in [-0.2, 0) is 15.0 Å². The Morgan fingerprint density at radius 1 is 1.35 bits per heavy atom. The highest BCUT2D eigenvalue weighted by Gasteiger charge is 2.14. The molecule has 0 saturated carbocycles. The van der Waals surface area contributed by atoms with Gasteiger partial charge in [0.1, 0.15) is 12.0 Å². The van der Waals surface area contributed by atoms with Crippen LogP contribution in [0.1, 0.15) is 0 Å². The minimum Gasteiger partial charge on any atom is -0.378 e. The maximum Gasteiger partial charge on any atom is 0.292 e. The first-order chi connectivity index (χ1) is 10.9. The van der Waals surface area contributed by atoms with Gasteiger partial charge in [0.25, 0.3) is 15.9 Å². The zero-order valence-electron chi connectivity index (χ0n) is 11.7. The van der Waals surface area contributed by atoms with Crippen molar-refractivity contribution >= 4 is 33.6 Å². The van der Waals surface area contributed by atoms with E-state index in [4.69, 9.17) is 5.53 Å². The van der Waals surface area contributed by atoms with E-state index in [1.165, 1.54) is 12.1 Å². The molecule has 1 rings (SSSR count). The van der Waals surface area contributed by atoms with Crippen molar-refractivity contribution in [2.24, 2.45) is 5.11 Å². The van der Waals surface area contributed by atoms with E-state index in [1.54, 1.807) is 0 Å². The lowest BCUT2D eigenvalue weighted by molar-refractivity contribution is -0.383. The Kier molecular flexibility index (Phi) is 6.89. The van der Waals surface area contributed by atoms with Gasteiger partial charge in [0, 0.05) is 29.8 Å². The number of rotatable bonds is 10. The van der Waals surface area contributed by atoms with Gasteiger partial charge in [0.05, 0.1) is 11.5 Å². The maximum atomic E-state index is 11.3. The molecular formula is C10H13N7O5S. The van der Waals surface area contributed by atoms with Crippen molar-refractivity contribution in [3.05, 3.63) is 38.8 Å². The maximum absolute atomic E-state index is 11.3. The first-order valence-corrected chi connectivity index (χ1v) is 7.63. The summed E-state index contributed by atoms with van der Waals surface area (Å²) in [5.74, 6) is 0. The van der Waals surface area contributed by atoms with E-state index in [9.17, 15) is 23.3 Å². The van der Waals surface area contributed by atoms with Gasteiger partial charge in [-0.25, -0.2) is 4.72 Å². The summed E-state index contributed by atoms with van der Waals surface area (Å²) < 4.78 is 26.8. The van der Waals surface area contributed by atoms with Gasteiger partial charge in [-0.2, -0.15) is 13.1 Å². The lowest BCUT2D eigenvalue weighted by Crippen LogP contribution is -2.39. The molecule has 0 fully saturated rings. The SMILES string of the molecule is [N-]=[N+]=Nc1ccc(NCCNS(=O)(=O)NCC=O)c([N+](=O)[O-])c1. The summed E-state index contributed by atoms with van der Waals surface area (Å²) in [6.45, 7) is -0.359. The summed E-state index contributed by atoms with van der Waals surface area (Å²) in [5.41, 5.74) is 8.23. The largest absolute Gasteiger partial charge is 0.378 e. The van der Waals surface area contributed by atoms with Crippen molar-refractivity contribution in [2.75, 3.05) is 25.0 Å². The summed E-state index contributed by atoms with van der Waals surface area (Å²) in [4.78, 5) is 22.9. The molecule has 0 heterocycles. The van der Waals surface area contributed by atoms with Gasteiger partial charge in [-0.1, -0.05) is 11.2 Å². The molecule has 0 amide bonds. The number of carbonyl (C=O) groups is 1. The lowest BCUT2D eigenvalue weighted by atomic mass is 10.2. The Morgan fingerprint density at radius 2 is 2.09 bits per heavy atom. The van der Waals surface area contributed by atoms with Gasteiger partial charge >= 0.3 is 0 Å². The monoisotopic (exact) mass is 343 g/mol. The molecule has 0 atom stereocenters. The van der Waals surface area contributed by atoms with Crippen LogP contribution in [0.2, 0.25) is 0 Å². The molecule has 0 aliphatic carbocycles. The Balaban J connectivity index is 2.66. The molecule has 0 bridgehead atoms. The Morgan fingerprint density at radius 3 is 2.70 bits per heavy atom. The normalized spacial score (nSPS) is 10.6. The number of nitrogens with zero attached hydrogens (tertiary/aromatic N) is 4. The van der Waals surface area contributed by atoms with Gasteiger partial charge in [-0.15, -0.1) is 0 Å². The summed E-state index contributed by atoms with van der Waals surface area (Å²) in [6.07, 6.45) is 0.395. The van der Waals surface area contributed by atoms with Gasteiger partial charge in [0.15, 0.2) is 0 Å². The molecule has 23 heavy (non-hydrogen) atoms. The molecule has 0 radical (unpaired) electrons. The number of aldehydes is 1. The Bertz CT molecular complexity index is 729. The average molecular weight is 343 g/mol. The molecule has 1 aromatic rings. The van der Waals surface area contributed by atoms with Crippen LogP contribution in [0.3, 0.4) is 0 Å². The van der Waals surface area contributed by atoms with Crippen molar-refractivity contribution in [3.8, 4) is 0 Å². The second kappa shape index (κ2) is 8.65. The standard InChI is InChI=1S/C10H13N7O5S/c11-16-15-8-1-2-9(10(7-8)17(19)20)12-3-4-13-23(21,22)14-5-6-18/h1-2,6-7,12-14H,3-5H2. The minimum absolute atomic E-state index is 0.0592. The fraction of sp³-hybridized carbons (Fsp3) is 0.300. The van der Waals surface area contributed by atoms with Crippen LogP contribution in [-0.4, -0.2) is 39.3 Å². The molecule has 0 aromatic heterocycles. The van der Waals surface area contributed by atoms with Crippen LogP contribution < -0.4 is 14.8 Å². The summed E-state index contributed by atoms with van der Waals surface area (Å²) >= 11 is 0. The third kappa shape index (κ3) is 6.27. The second-order valence-corrected chi connectivity index (χ2v) is 5.57. The summed E-state index contributed by atoms with van der Waals surface area (Å²) in [7, 11) is -3.80. The van der Waals surface area contributed by atoms with E-state index in [-0.39, 0.29) is 36.7 Å². The molecule has 12 nitrogen and oxygen atoms in total. The number of benzene rings is 1. The number of nitrogens with one attached hydrogen (secondary N) is 3. The number of nitro groups is 1. The highest BCUT2D eigenvalue weighted by molar-refractivity contribution is 7.87. The van der Waals surface area contributed by atoms with Crippen molar-refractivity contribution in [2.45, 2.75) is 0 Å². The first kappa shape index (κ1) is 18.3. The molecule has 0 spiro atoms. The number of anilines is 1. The van der Waals surface area contributed by atoms with Crippen LogP contribution in [0.25, 0.3) is 10.4 Å². The van der Waals surface area contributed by atoms with E-state index < -0.39 is 15.1 Å². The second-order valence-electron chi connectivity index (χ2n) is 3.99. The van der Waals surface area contributed by atoms with Gasteiger partial charge in [-0.3, -0.25) is 10.1 Å². The number of nitro benzene ring substituents is 1. The van der Waals surface area contributed by atoms with E-state index >= 15 is 0 Å². The topological polar surface area (TPSA) is 179 Å². The number of carbonyl (C=O) groups excluding carboxylic acids is 1. The van der Waals surface area contributed by atoms with Gasteiger partial charge < -0.3 is 10.1 Å². The third-order valence-electron chi connectivity index (χ3n) is 2.43. The summed E-state index contributed by atoms with van der Waals surface area (Å²) in [6, 6.07) is 3.82. The fourth-order valence-corrected chi connectivity index (χ4v) is 2.27. The zero-order chi connectivity index (χ0) is 17.3. The van der Waals surface area contributed by atoms with E-state index in [0.29, 0.717) is 6.29 Å². The minimum atomic E-state index is -3.80. The molecule has 1 aromatic carbocycles. The number of hydrogen-bond donors (Lipinski definition) is 3. The van der Waals surface area contributed by atoms with Crippen LogP contribution in [0.4, 0.5) is 17.1 Å². The molecule has 13 heteroatoms. The van der Waals surface area contributed by atoms with Crippen LogP contribution in [0, 0.1) is 10.1 Å². The van der Waals surface area contributed by atoms with Crippen LogP contribution in [0.15, 0.2) is 23.3 Å². The van der Waals surface area contributed by atoms with Crippen molar-refractivity contribution < 1.29 is 18.1 Å². The van der Waals surface area contributed by atoms with Crippen LogP contribution in [0.5, 0.6) is 0 Å². The van der Waals surface area contributed by atoms with Gasteiger partial charge in [-0.05, 0) is 11.6 Å². The van der Waals surface area contributed by atoms with Crippen molar-refractivity contribution in [1.82, 2.24) is 9.44 Å². The highest BCUT2D eigenvalue weighted by atomic mass is 32.2. The van der Waals surface area contributed by atoms with Crippen LogP contribution >= 0.6 is 0 Å². The van der Waals surface area contributed by atoms with Gasteiger partial charge in [0.2, 0.25) is 0 Å². The molecule has 3 N–H and O–H groups in total. The van der Waals surface area contributed by atoms with E-state index in [2.05, 4.69) is 20.1 Å².